The van der Waals surface area contributed by atoms with Gasteiger partial charge in [0.15, 0.2) is 0 Å². The lowest BCUT2D eigenvalue weighted by molar-refractivity contribution is -0.386. The number of anilines is 1. The first-order chi connectivity index (χ1) is 9.61. The van der Waals surface area contributed by atoms with Crippen LogP contribution in [0.3, 0.4) is 0 Å². The topological polar surface area (TPSA) is 116 Å². The number of nitrogens with zero attached hydrogens (tertiary/aromatic N) is 3. The molecule has 0 radical (unpaired) electrons. The minimum atomic E-state index is -0.570. The van der Waals surface area contributed by atoms with Gasteiger partial charge in [-0.15, -0.1) is 0 Å². The van der Waals surface area contributed by atoms with E-state index in [0.29, 0.717) is 18.4 Å². The van der Waals surface area contributed by atoms with Gasteiger partial charge in [0, 0.05) is 0 Å². The largest absolute Gasteiger partial charge is 0.472 e. The molecular formula is C12H17N5O3. The number of nitrogen functional groups attached to an aromatic ring is 1. The van der Waals surface area contributed by atoms with Gasteiger partial charge in [0.05, 0.1) is 11.5 Å². The molecule has 2 unspecified atom stereocenters. The van der Waals surface area contributed by atoms with Crippen LogP contribution in [0.15, 0.2) is 18.3 Å². The fraction of sp³-hybridized carbons (Fsp3) is 0.500. The summed E-state index contributed by atoms with van der Waals surface area (Å²) in [4.78, 5) is 18.0. The molecule has 2 atom stereocenters. The molecule has 3 N–H and O–H groups in total. The number of allylic oxidation sites excluding steroid dienone is 2. The number of nitrogens with two attached hydrogens (primary N) is 1. The third kappa shape index (κ3) is 3.21. The molecule has 8 heteroatoms. The van der Waals surface area contributed by atoms with E-state index in [1.165, 1.54) is 0 Å². The Kier molecular flexibility index (Phi) is 4.46. The zero-order chi connectivity index (χ0) is 14.5. The number of ether oxygens (including phenoxy) is 1. The van der Waals surface area contributed by atoms with E-state index >= 15 is 0 Å². The van der Waals surface area contributed by atoms with Crippen LogP contribution in [0.4, 0.5) is 11.6 Å². The van der Waals surface area contributed by atoms with Gasteiger partial charge >= 0.3 is 5.69 Å². The maximum absolute atomic E-state index is 10.9. The lowest BCUT2D eigenvalue weighted by Gasteiger charge is -2.24. The Balaban J connectivity index is 2.11. The Morgan fingerprint density at radius 1 is 1.55 bits per heavy atom. The van der Waals surface area contributed by atoms with Gasteiger partial charge in [-0.05, 0) is 24.7 Å². The summed E-state index contributed by atoms with van der Waals surface area (Å²) in [5.74, 6) is 6.03. The number of hydrogen-bond acceptors (Lipinski definition) is 7. The minimum Gasteiger partial charge on any atom is -0.472 e. The first-order valence-corrected chi connectivity index (χ1v) is 6.37. The van der Waals surface area contributed by atoms with E-state index in [1.807, 2.05) is 0 Å². The second-order valence-corrected chi connectivity index (χ2v) is 4.78. The van der Waals surface area contributed by atoms with Gasteiger partial charge in [0.1, 0.15) is 6.20 Å². The number of aromatic nitrogens is 2. The molecule has 1 aliphatic rings. The second-order valence-electron chi connectivity index (χ2n) is 4.78. The van der Waals surface area contributed by atoms with Crippen LogP contribution in [0.2, 0.25) is 0 Å². The van der Waals surface area contributed by atoms with Gasteiger partial charge in [0.2, 0.25) is 5.95 Å². The van der Waals surface area contributed by atoms with Crippen molar-refractivity contribution in [2.45, 2.75) is 19.8 Å². The van der Waals surface area contributed by atoms with Gasteiger partial charge in [-0.2, -0.15) is 4.98 Å². The Bertz CT molecular complexity index is 520. The SMILES string of the molecule is CC1CC=CCC1COc1nc(NN)ncc1[N+](=O)[O-]. The molecule has 0 aliphatic heterocycles. The molecule has 0 spiro atoms. The average Bonchev–Trinajstić information content (AvgIpc) is 2.46. The van der Waals surface area contributed by atoms with Gasteiger partial charge in [-0.25, -0.2) is 10.8 Å². The van der Waals surface area contributed by atoms with E-state index in [-0.39, 0.29) is 17.5 Å². The molecular weight excluding hydrogens is 262 g/mol. The van der Waals surface area contributed by atoms with Crippen LogP contribution < -0.4 is 16.0 Å². The summed E-state index contributed by atoms with van der Waals surface area (Å²) in [7, 11) is 0. The molecule has 0 saturated heterocycles. The van der Waals surface area contributed by atoms with Crippen molar-refractivity contribution in [1.29, 1.82) is 0 Å². The summed E-state index contributed by atoms with van der Waals surface area (Å²) in [6.07, 6.45) is 7.24. The van der Waals surface area contributed by atoms with Gasteiger partial charge < -0.3 is 4.74 Å². The number of nitrogens with one attached hydrogen (secondary N) is 1. The highest BCUT2D eigenvalue weighted by molar-refractivity contribution is 5.42. The lowest BCUT2D eigenvalue weighted by Crippen LogP contribution is -2.22. The highest BCUT2D eigenvalue weighted by atomic mass is 16.6. The van der Waals surface area contributed by atoms with Crippen LogP contribution in [0, 0.1) is 22.0 Å². The maximum Gasteiger partial charge on any atom is 0.349 e. The summed E-state index contributed by atoms with van der Waals surface area (Å²) in [6.45, 7) is 2.52. The summed E-state index contributed by atoms with van der Waals surface area (Å²) < 4.78 is 5.53. The second kappa shape index (κ2) is 6.29. The molecule has 0 bridgehead atoms. The van der Waals surface area contributed by atoms with Crippen LogP contribution in [-0.4, -0.2) is 21.5 Å². The quantitative estimate of drug-likeness (QED) is 0.364. The molecule has 0 fully saturated rings. The van der Waals surface area contributed by atoms with Crippen molar-refractivity contribution in [1.82, 2.24) is 9.97 Å². The lowest BCUT2D eigenvalue weighted by atomic mass is 9.85. The fourth-order valence-electron chi connectivity index (χ4n) is 2.09. The van der Waals surface area contributed by atoms with E-state index in [4.69, 9.17) is 10.6 Å². The van der Waals surface area contributed by atoms with E-state index in [0.717, 1.165) is 19.0 Å². The normalized spacial score (nSPS) is 21.5. The number of hydrogen-bond donors (Lipinski definition) is 2. The van der Waals surface area contributed by atoms with Crippen LogP contribution in [0.1, 0.15) is 19.8 Å². The Morgan fingerprint density at radius 3 is 2.95 bits per heavy atom. The van der Waals surface area contributed by atoms with Crippen LogP contribution in [-0.2, 0) is 0 Å². The summed E-state index contributed by atoms with van der Waals surface area (Å²) in [5.41, 5.74) is 1.98. The zero-order valence-electron chi connectivity index (χ0n) is 11.2. The predicted molar refractivity (Wildman–Crippen MR) is 73.0 cm³/mol. The standard InChI is InChI=1S/C12H17N5O3/c1-8-4-2-3-5-9(8)7-20-11-10(17(18)19)6-14-12(15-11)16-13/h2-3,6,8-9H,4-5,7,13H2,1H3,(H,14,15,16). The fourth-order valence-corrected chi connectivity index (χ4v) is 2.09. The average molecular weight is 279 g/mol. The number of nitro groups is 1. The third-order valence-corrected chi connectivity index (χ3v) is 3.41. The van der Waals surface area contributed by atoms with Gasteiger partial charge in [0.25, 0.3) is 5.88 Å². The molecule has 0 saturated carbocycles. The van der Waals surface area contributed by atoms with Crippen molar-refractivity contribution in [3.8, 4) is 5.88 Å². The molecule has 2 rings (SSSR count). The molecule has 20 heavy (non-hydrogen) atoms. The predicted octanol–water partition coefficient (Wildman–Crippen LogP) is 1.65. The Labute approximate surface area is 116 Å². The van der Waals surface area contributed by atoms with E-state index < -0.39 is 4.92 Å². The van der Waals surface area contributed by atoms with Crippen LogP contribution in [0.5, 0.6) is 5.88 Å². The zero-order valence-corrected chi connectivity index (χ0v) is 11.2. The van der Waals surface area contributed by atoms with Crippen molar-refractivity contribution < 1.29 is 9.66 Å². The smallest absolute Gasteiger partial charge is 0.349 e. The molecule has 1 aliphatic carbocycles. The monoisotopic (exact) mass is 279 g/mol. The molecule has 1 heterocycles. The summed E-state index contributed by atoms with van der Waals surface area (Å²) >= 11 is 0. The number of rotatable bonds is 5. The maximum atomic E-state index is 10.9. The summed E-state index contributed by atoms with van der Waals surface area (Å²) in [6, 6.07) is 0. The van der Waals surface area contributed by atoms with Crippen LogP contribution >= 0.6 is 0 Å². The first-order valence-electron chi connectivity index (χ1n) is 6.37. The Hall–Kier alpha value is -2.22. The molecule has 1 aromatic heterocycles. The van der Waals surface area contributed by atoms with Crippen molar-refractivity contribution >= 4 is 11.6 Å². The van der Waals surface area contributed by atoms with Crippen LogP contribution in [0.25, 0.3) is 0 Å². The van der Waals surface area contributed by atoms with Gasteiger partial charge in [-0.3, -0.25) is 15.5 Å². The number of hydrazine groups is 1. The van der Waals surface area contributed by atoms with Crippen molar-refractivity contribution in [3.63, 3.8) is 0 Å². The molecule has 0 aromatic carbocycles. The van der Waals surface area contributed by atoms with Gasteiger partial charge in [-0.1, -0.05) is 19.1 Å². The van der Waals surface area contributed by atoms with E-state index in [1.54, 1.807) is 0 Å². The van der Waals surface area contributed by atoms with E-state index in [9.17, 15) is 10.1 Å². The Morgan fingerprint density at radius 2 is 2.30 bits per heavy atom. The molecule has 0 amide bonds. The molecule has 1 aromatic rings. The molecule has 108 valence electrons. The highest BCUT2D eigenvalue weighted by Gasteiger charge is 2.23. The van der Waals surface area contributed by atoms with Crippen molar-refractivity contribution in [3.05, 3.63) is 28.5 Å². The van der Waals surface area contributed by atoms with Crippen molar-refractivity contribution in [2.24, 2.45) is 17.7 Å². The summed E-state index contributed by atoms with van der Waals surface area (Å²) in [5, 5.41) is 10.9. The third-order valence-electron chi connectivity index (χ3n) is 3.41. The van der Waals surface area contributed by atoms with Crippen molar-refractivity contribution in [2.75, 3.05) is 12.0 Å². The highest BCUT2D eigenvalue weighted by Crippen LogP contribution is 2.28. The first kappa shape index (κ1) is 14.2. The van der Waals surface area contributed by atoms with E-state index in [2.05, 4.69) is 34.5 Å². The molecule has 8 nitrogen and oxygen atoms in total. The minimum absolute atomic E-state index is 0.0558.